The Morgan fingerprint density at radius 3 is 2.36 bits per heavy atom. The third kappa shape index (κ3) is 3.59. The second-order valence-corrected chi connectivity index (χ2v) is 6.01. The Hall–Kier alpha value is -2.58. The first-order chi connectivity index (χ1) is 11.6. The average Bonchev–Trinajstić information content (AvgIpc) is 2.77. The van der Waals surface area contributed by atoms with Gasteiger partial charge in [-0.05, 0) is 12.0 Å². The summed E-state index contributed by atoms with van der Waals surface area (Å²) in [6, 6.07) is 7.52. The lowest BCUT2D eigenvalue weighted by Crippen LogP contribution is -2.70. The van der Waals surface area contributed by atoms with Gasteiger partial charge < -0.3 is 5.32 Å². The summed E-state index contributed by atoms with van der Waals surface area (Å²) in [5.41, 5.74) is -2.67. The highest BCUT2D eigenvalue weighted by Gasteiger charge is 2.68. The molecule has 136 valence electrons. The lowest BCUT2D eigenvalue weighted by atomic mass is 10.1. The van der Waals surface area contributed by atoms with Crippen LogP contribution in [0.4, 0.5) is 18.0 Å². The van der Waals surface area contributed by atoms with Gasteiger partial charge >= 0.3 is 12.2 Å². The van der Waals surface area contributed by atoms with Crippen LogP contribution in [0.1, 0.15) is 19.4 Å². The van der Waals surface area contributed by atoms with Crippen molar-refractivity contribution in [1.29, 1.82) is 0 Å². The standard InChI is InChI=1S/C16H18F3N3O3/c1-10(2)12(23)20-15(16(17,18)19)13(24)22(14(25)21-15)9-8-11-6-4-3-5-7-11/h3-7,10H,8-9H2,1-2H3,(H,20,23)(H,21,25)/t15-/m0/s1. The Kier molecular flexibility index (Phi) is 5.05. The van der Waals surface area contributed by atoms with Gasteiger partial charge in [-0.1, -0.05) is 44.2 Å². The SMILES string of the molecule is CC(C)C(=O)N[C@]1(C(F)(F)F)NC(=O)N(CCc2ccccc2)C1=O. The zero-order valence-corrected chi connectivity index (χ0v) is 13.7. The summed E-state index contributed by atoms with van der Waals surface area (Å²) in [4.78, 5) is 36.6. The molecule has 1 aliphatic heterocycles. The van der Waals surface area contributed by atoms with E-state index in [1.165, 1.54) is 13.8 Å². The Morgan fingerprint density at radius 1 is 1.24 bits per heavy atom. The predicted octanol–water partition coefficient (Wildman–Crippen LogP) is 1.81. The first-order valence-electron chi connectivity index (χ1n) is 7.65. The molecule has 25 heavy (non-hydrogen) atoms. The molecule has 2 N–H and O–H groups in total. The highest BCUT2D eigenvalue weighted by Crippen LogP contribution is 2.34. The predicted molar refractivity (Wildman–Crippen MR) is 82.2 cm³/mol. The highest BCUT2D eigenvalue weighted by atomic mass is 19.4. The highest BCUT2D eigenvalue weighted by molar-refractivity contribution is 6.09. The van der Waals surface area contributed by atoms with E-state index in [2.05, 4.69) is 0 Å². The molecule has 0 unspecified atom stereocenters. The second kappa shape index (κ2) is 6.73. The molecule has 2 rings (SSSR count). The number of hydrogen-bond acceptors (Lipinski definition) is 3. The van der Waals surface area contributed by atoms with Crippen molar-refractivity contribution in [2.45, 2.75) is 32.1 Å². The summed E-state index contributed by atoms with van der Waals surface area (Å²) in [5.74, 6) is -3.31. The van der Waals surface area contributed by atoms with Crippen molar-refractivity contribution in [2.75, 3.05) is 6.54 Å². The maximum absolute atomic E-state index is 13.5. The number of alkyl halides is 3. The van der Waals surface area contributed by atoms with E-state index < -0.39 is 35.6 Å². The Morgan fingerprint density at radius 2 is 1.84 bits per heavy atom. The number of carbonyl (C=O) groups excluding carboxylic acids is 3. The third-order valence-corrected chi connectivity index (χ3v) is 3.83. The van der Waals surface area contributed by atoms with Crippen LogP contribution in [0, 0.1) is 5.92 Å². The zero-order chi connectivity index (χ0) is 18.8. The monoisotopic (exact) mass is 357 g/mol. The number of benzene rings is 1. The molecule has 1 saturated heterocycles. The zero-order valence-electron chi connectivity index (χ0n) is 13.7. The first kappa shape index (κ1) is 18.8. The maximum Gasteiger partial charge on any atom is 0.440 e. The van der Waals surface area contributed by atoms with Crippen LogP contribution in [0.25, 0.3) is 0 Å². The van der Waals surface area contributed by atoms with Crippen LogP contribution in [0.15, 0.2) is 30.3 Å². The molecule has 1 aliphatic rings. The van der Waals surface area contributed by atoms with Crippen LogP contribution in [-0.4, -0.2) is 41.1 Å². The van der Waals surface area contributed by atoms with Gasteiger partial charge in [0.25, 0.3) is 11.6 Å². The van der Waals surface area contributed by atoms with Gasteiger partial charge in [0.1, 0.15) is 0 Å². The van der Waals surface area contributed by atoms with Crippen LogP contribution in [0.2, 0.25) is 0 Å². The average molecular weight is 357 g/mol. The molecule has 0 bridgehead atoms. The minimum absolute atomic E-state index is 0.200. The second-order valence-electron chi connectivity index (χ2n) is 6.01. The van der Waals surface area contributed by atoms with E-state index in [1.807, 2.05) is 0 Å². The Bertz CT molecular complexity index is 676. The van der Waals surface area contributed by atoms with Crippen molar-refractivity contribution in [3.8, 4) is 0 Å². The molecule has 0 radical (unpaired) electrons. The molecule has 0 saturated carbocycles. The van der Waals surface area contributed by atoms with Crippen molar-refractivity contribution >= 4 is 17.8 Å². The molecule has 6 nitrogen and oxygen atoms in total. The number of halogens is 3. The number of rotatable bonds is 5. The summed E-state index contributed by atoms with van der Waals surface area (Å²) < 4.78 is 40.6. The van der Waals surface area contributed by atoms with Crippen molar-refractivity contribution in [1.82, 2.24) is 15.5 Å². The summed E-state index contributed by atoms with van der Waals surface area (Å²) in [6.07, 6.45) is -4.97. The van der Waals surface area contributed by atoms with Gasteiger partial charge in [-0.2, -0.15) is 13.2 Å². The minimum atomic E-state index is -5.17. The van der Waals surface area contributed by atoms with E-state index in [9.17, 15) is 27.6 Å². The molecule has 1 aromatic carbocycles. The smallest absolute Gasteiger partial charge is 0.318 e. The number of nitrogens with zero attached hydrogens (tertiary/aromatic N) is 1. The van der Waals surface area contributed by atoms with Crippen LogP contribution in [0.3, 0.4) is 0 Å². The van der Waals surface area contributed by atoms with E-state index >= 15 is 0 Å². The first-order valence-corrected chi connectivity index (χ1v) is 7.65. The maximum atomic E-state index is 13.5. The summed E-state index contributed by atoms with van der Waals surface area (Å²) in [7, 11) is 0. The van der Waals surface area contributed by atoms with Gasteiger partial charge in [-0.3, -0.25) is 19.8 Å². The summed E-state index contributed by atoms with van der Waals surface area (Å²) in [6.45, 7) is 2.53. The van der Waals surface area contributed by atoms with Crippen LogP contribution in [-0.2, 0) is 16.0 Å². The third-order valence-electron chi connectivity index (χ3n) is 3.83. The molecule has 4 amide bonds. The molecule has 0 spiro atoms. The fraction of sp³-hybridized carbons (Fsp3) is 0.438. The van der Waals surface area contributed by atoms with E-state index in [0.717, 1.165) is 5.56 Å². The van der Waals surface area contributed by atoms with Gasteiger partial charge in [0.2, 0.25) is 5.91 Å². The molecular weight excluding hydrogens is 339 g/mol. The molecule has 1 atom stereocenters. The largest absolute Gasteiger partial charge is 0.440 e. The van der Waals surface area contributed by atoms with Crippen molar-refractivity contribution in [2.24, 2.45) is 5.92 Å². The van der Waals surface area contributed by atoms with Gasteiger partial charge in [-0.25, -0.2) is 4.79 Å². The lowest BCUT2D eigenvalue weighted by Gasteiger charge is -2.30. The fourth-order valence-corrected chi connectivity index (χ4v) is 2.34. The molecule has 1 aromatic rings. The molecular formula is C16H18F3N3O3. The van der Waals surface area contributed by atoms with Crippen molar-refractivity contribution in [3.05, 3.63) is 35.9 Å². The molecule has 1 fully saturated rings. The number of nitrogens with one attached hydrogen (secondary N) is 2. The number of amides is 4. The molecule has 0 aromatic heterocycles. The van der Waals surface area contributed by atoms with Crippen molar-refractivity contribution < 1.29 is 27.6 Å². The molecule has 0 aliphatic carbocycles. The number of hydrogen-bond donors (Lipinski definition) is 2. The lowest BCUT2D eigenvalue weighted by molar-refractivity contribution is -0.204. The van der Waals surface area contributed by atoms with E-state index in [-0.39, 0.29) is 13.0 Å². The topological polar surface area (TPSA) is 78.5 Å². The molecule has 9 heteroatoms. The number of urea groups is 1. The summed E-state index contributed by atoms with van der Waals surface area (Å²) >= 11 is 0. The van der Waals surface area contributed by atoms with Crippen LogP contribution in [0.5, 0.6) is 0 Å². The Labute approximate surface area is 142 Å². The van der Waals surface area contributed by atoms with Crippen LogP contribution >= 0.6 is 0 Å². The van der Waals surface area contributed by atoms with Crippen molar-refractivity contribution in [3.63, 3.8) is 0 Å². The van der Waals surface area contributed by atoms with Crippen LogP contribution < -0.4 is 10.6 Å². The number of imide groups is 1. The normalized spacial score (nSPS) is 20.8. The van der Waals surface area contributed by atoms with Gasteiger partial charge in [0.05, 0.1) is 0 Å². The minimum Gasteiger partial charge on any atom is -0.318 e. The van der Waals surface area contributed by atoms with E-state index in [4.69, 9.17) is 0 Å². The Balaban J connectivity index is 2.24. The quantitative estimate of drug-likeness (QED) is 0.789. The summed E-state index contributed by atoms with van der Waals surface area (Å²) in [5, 5.41) is 3.26. The van der Waals surface area contributed by atoms with E-state index in [0.29, 0.717) is 4.90 Å². The fourth-order valence-electron chi connectivity index (χ4n) is 2.34. The van der Waals surface area contributed by atoms with E-state index in [1.54, 1.807) is 41.0 Å². The molecule has 1 heterocycles. The number of carbonyl (C=O) groups is 3. The van der Waals surface area contributed by atoms with Gasteiger partial charge in [0.15, 0.2) is 0 Å². The van der Waals surface area contributed by atoms with Gasteiger partial charge in [-0.15, -0.1) is 0 Å². The van der Waals surface area contributed by atoms with Gasteiger partial charge in [0, 0.05) is 12.5 Å².